The molecule has 7 nitrogen and oxygen atoms in total. The lowest BCUT2D eigenvalue weighted by atomic mass is 9.84. The van der Waals surface area contributed by atoms with Crippen LogP contribution < -0.4 is 0 Å². The van der Waals surface area contributed by atoms with E-state index in [4.69, 9.17) is 0 Å². The number of halogens is 1. The van der Waals surface area contributed by atoms with Gasteiger partial charge in [-0.15, -0.1) is 12.4 Å². The molecule has 3 saturated heterocycles. The number of hydrogen-bond donors (Lipinski definition) is 0. The fraction of sp³-hybridized carbons (Fsp3) is 0.889. The minimum absolute atomic E-state index is 0. The minimum Gasteiger partial charge on any atom is -0.340 e. The van der Waals surface area contributed by atoms with Gasteiger partial charge in [0, 0.05) is 37.9 Å². The second-order valence-corrected chi connectivity index (χ2v) is 10.2. The topological polar surface area (TPSA) is 78.0 Å². The van der Waals surface area contributed by atoms with Crippen LogP contribution >= 0.6 is 12.4 Å². The summed E-state index contributed by atoms with van der Waals surface area (Å²) in [6, 6.07) is -0.399. The van der Waals surface area contributed by atoms with Gasteiger partial charge >= 0.3 is 0 Å². The zero-order chi connectivity index (χ0) is 19.1. The highest BCUT2D eigenvalue weighted by Crippen LogP contribution is 2.41. The third-order valence-corrected chi connectivity index (χ3v) is 7.28. The zero-order valence-electron chi connectivity index (χ0n) is 16.5. The van der Waals surface area contributed by atoms with Gasteiger partial charge in [-0.25, -0.2) is 12.7 Å². The standard InChI is InChI=1S/C18H31N3O4S.ClH/c1-13(2)17-14-11-20(12-15(14)21(18(17)23)26(3,24)25)16(22)7-10-19-8-5-4-6-9-19;/h13-15,17H,4-12H2,1-3H3;1H/t14-,15-,17+;/m0./s1. The summed E-state index contributed by atoms with van der Waals surface area (Å²) >= 11 is 0. The molecule has 3 aliphatic rings. The van der Waals surface area contributed by atoms with E-state index in [1.165, 1.54) is 19.3 Å². The van der Waals surface area contributed by atoms with Crippen LogP contribution in [0.15, 0.2) is 0 Å². The fourth-order valence-corrected chi connectivity index (χ4v) is 6.06. The maximum atomic E-state index is 12.7. The van der Waals surface area contributed by atoms with Crippen LogP contribution in [-0.4, -0.2) is 79.4 Å². The first-order valence-electron chi connectivity index (χ1n) is 9.73. The number of amides is 2. The first kappa shape index (κ1) is 22.4. The molecule has 3 rings (SSSR count). The molecular weight excluding hydrogens is 390 g/mol. The van der Waals surface area contributed by atoms with Crippen molar-refractivity contribution in [3.8, 4) is 0 Å². The van der Waals surface area contributed by atoms with Gasteiger partial charge in [-0.2, -0.15) is 0 Å². The smallest absolute Gasteiger partial charge is 0.240 e. The van der Waals surface area contributed by atoms with Crippen LogP contribution in [0, 0.1) is 17.8 Å². The summed E-state index contributed by atoms with van der Waals surface area (Å²) in [4.78, 5) is 29.4. The molecule has 0 unspecified atom stereocenters. The summed E-state index contributed by atoms with van der Waals surface area (Å²) in [5, 5.41) is 0. The van der Waals surface area contributed by atoms with Gasteiger partial charge in [0.05, 0.1) is 12.3 Å². The van der Waals surface area contributed by atoms with Crippen molar-refractivity contribution in [1.29, 1.82) is 0 Å². The van der Waals surface area contributed by atoms with E-state index < -0.39 is 16.1 Å². The molecule has 0 aliphatic carbocycles. The molecule has 0 spiro atoms. The van der Waals surface area contributed by atoms with Crippen molar-refractivity contribution >= 4 is 34.2 Å². The van der Waals surface area contributed by atoms with E-state index in [0.29, 0.717) is 19.5 Å². The highest BCUT2D eigenvalue weighted by molar-refractivity contribution is 7.88. The van der Waals surface area contributed by atoms with Crippen LogP contribution in [0.3, 0.4) is 0 Å². The molecule has 3 fully saturated rings. The van der Waals surface area contributed by atoms with Gasteiger partial charge in [-0.1, -0.05) is 20.3 Å². The maximum Gasteiger partial charge on any atom is 0.240 e. The number of carbonyl (C=O) groups is 2. The maximum absolute atomic E-state index is 12.7. The largest absolute Gasteiger partial charge is 0.340 e. The predicted molar refractivity (Wildman–Crippen MR) is 106 cm³/mol. The van der Waals surface area contributed by atoms with Gasteiger partial charge in [0.2, 0.25) is 21.8 Å². The lowest BCUT2D eigenvalue weighted by Crippen LogP contribution is -2.43. The van der Waals surface area contributed by atoms with Crippen molar-refractivity contribution in [2.24, 2.45) is 17.8 Å². The Morgan fingerprint density at radius 3 is 2.33 bits per heavy atom. The van der Waals surface area contributed by atoms with Crippen molar-refractivity contribution in [3.63, 3.8) is 0 Å². The first-order chi connectivity index (χ1) is 12.2. The Morgan fingerprint density at radius 2 is 1.78 bits per heavy atom. The second-order valence-electron chi connectivity index (χ2n) is 8.35. The zero-order valence-corrected chi connectivity index (χ0v) is 18.1. The normalized spacial score (nSPS) is 29.2. The number of fused-ring (bicyclic) bond motifs is 1. The Labute approximate surface area is 168 Å². The van der Waals surface area contributed by atoms with Crippen LogP contribution in [0.4, 0.5) is 0 Å². The number of likely N-dealkylation sites (tertiary alicyclic amines) is 2. The molecule has 0 aromatic carbocycles. The molecule has 3 heterocycles. The molecular formula is C18H32ClN3O4S. The highest BCUT2D eigenvalue weighted by Gasteiger charge is 2.56. The number of nitrogens with zero attached hydrogens (tertiary/aromatic N) is 3. The molecule has 0 radical (unpaired) electrons. The lowest BCUT2D eigenvalue weighted by Gasteiger charge is -2.28. The van der Waals surface area contributed by atoms with E-state index in [1.54, 1.807) is 4.90 Å². The molecule has 2 amide bonds. The van der Waals surface area contributed by atoms with Gasteiger partial charge in [-0.3, -0.25) is 9.59 Å². The summed E-state index contributed by atoms with van der Waals surface area (Å²) in [6.07, 6.45) is 5.23. The number of sulfonamides is 1. The van der Waals surface area contributed by atoms with Crippen LogP contribution in [-0.2, 0) is 19.6 Å². The minimum atomic E-state index is -3.61. The Kier molecular flexibility index (Phi) is 7.19. The Balaban J connectivity index is 0.00000261. The molecule has 156 valence electrons. The quantitative estimate of drug-likeness (QED) is 0.666. The highest BCUT2D eigenvalue weighted by atomic mass is 35.5. The van der Waals surface area contributed by atoms with E-state index in [0.717, 1.165) is 30.2 Å². The number of rotatable bonds is 5. The Morgan fingerprint density at radius 1 is 1.15 bits per heavy atom. The van der Waals surface area contributed by atoms with E-state index in [9.17, 15) is 18.0 Å². The van der Waals surface area contributed by atoms with Crippen LogP contribution in [0.1, 0.15) is 39.5 Å². The molecule has 27 heavy (non-hydrogen) atoms. The third-order valence-electron chi connectivity index (χ3n) is 6.12. The summed E-state index contributed by atoms with van der Waals surface area (Å²) in [5.41, 5.74) is 0. The average molecular weight is 422 g/mol. The molecule has 3 aliphatic heterocycles. The SMILES string of the molecule is CC(C)[C@H]1C(=O)N(S(C)(=O)=O)[C@H]2CN(C(=O)CCN3CCCCC3)C[C@H]12.Cl. The average Bonchev–Trinajstić information content (AvgIpc) is 3.07. The molecule has 0 bridgehead atoms. The van der Waals surface area contributed by atoms with Gasteiger partial charge in [0.25, 0.3) is 0 Å². The van der Waals surface area contributed by atoms with Crippen molar-refractivity contribution in [2.45, 2.75) is 45.6 Å². The monoisotopic (exact) mass is 421 g/mol. The third kappa shape index (κ3) is 4.59. The van der Waals surface area contributed by atoms with Crippen LogP contribution in [0.5, 0.6) is 0 Å². The number of carbonyl (C=O) groups excluding carboxylic acids is 2. The van der Waals surface area contributed by atoms with Gasteiger partial charge in [0.1, 0.15) is 0 Å². The van der Waals surface area contributed by atoms with Gasteiger partial charge < -0.3 is 9.80 Å². The predicted octanol–water partition coefficient (Wildman–Crippen LogP) is 1.19. The van der Waals surface area contributed by atoms with E-state index in [1.807, 2.05) is 13.8 Å². The molecule has 3 atom stereocenters. The molecule has 0 N–H and O–H groups in total. The van der Waals surface area contributed by atoms with Crippen LogP contribution in [0.2, 0.25) is 0 Å². The number of hydrogen-bond acceptors (Lipinski definition) is 5. The summed E-state index contributed by atoms with van der Waals surface area (Å²) < 4.78 is 25.4. The fourth-order valence-electron chi connectivity index (χ4n) is 4.89. The van der Waals surface area contributed by atoms with E-state index in [-0.39, 0.29) is 42.0 Å². The van der Waals surface area contributed by atoms with E-state index in [2.05, 4.69) is 4.90 Å². The van der Waals surface area contributed by atoms with Crippen molar-refractivity contribution < 1.29 is 18.0 Å². The Hall–Kier alpha value is -0.860. The summed E-state index contributed by atoms with van der Waals surface area (Å²) in [5.74, 6) is -0.567. The second kappa shape index (κ2) is 8.66. The Bertz CT molecular complexity index is 664. The number of piperidine rings is 1. The molecule has 9 heteroatoms. The van der Waals surface area contributed by atoms with Crippen molar-refractivity contribution in [1.82, 2.24) is 14.1 Å². The van der Waals surface area contributed by atoms with Crippen molar-refractivity contribution in [3.05, 3.63) is 0 Å². The van der Waals surface area contributed by atoms with Crippen molar-refractivity contribution in [2.75, 3.05) is 39.0 Å². The van der Waals surface area contributed by atoms with E-state index >= 15 is 0 Å². The summed E-state index contributed by atoms with van der Waals surface area (Å²) in [6.45, 7) is 7.62. The first-order valence-corrected chi connectivity index (χ1v) is 11.6. The van der Waals surface area contributed by atoms with Crippen LogP contribution in [0.25, 0.3) is 0 Å². The van der Waals surface area contributed by atoms with Gasteiger partial charge in [0.15, 0.2) is 0 Å². The molecule has 0 saturated carbocycles. The lowest BCUT2D eigenvalue weighted by molar-refractivity contribution is -0.134. The molecule has 0 aromatic heterocycles. The molecule has 0 aromatic rings. The summed E-state index contributed by atoms with van der Waals surface area (Å²) in [7, 11) is -3.61. The van der Waals surface area contributed by atoms with Gasteiger partial charge in [-0.05, 0) is 31.8 Å².